The minimum atomic E-state index is -4.24. The number of piperidine rings is 1. The number of esters is 1. The molecule has 1 aliphatic heterocycles. The van der Waals surface area contributed by atoms with Gasteiger partial charge in [0.25, 0.3) is 5.91 Å². The maximum absolute atomic E-state index is 14.0. The predicted octanol–water partition coefficient (Wildman–Crippen LogP) is 6.55. The van der Waals surface area contributed by atoms with Crippen LogP contribution in [0.1, 0.15) is 59.7 Å². The first-order valence-corrected chi connectivity index (χ1v) is 17.6. The molecule has 3 aromatic rings. The van der Waals surface area contributed by atoms with Gasteiger partial charge in [-0.15, -0.1) is 0 Å². The van der Waals surface area contributed by atoms with E-state index in [1.807, 2.05) is 0 Å². The number of carbonyl (C=O) groups excluding carboxylic acids is 2. The first-order chi connectivity index (χ1) is 22.8. The SMILES string of the molecule is CN(C)C(=O)c1cccc(S(=O)(=O)N2CCCC[C@H]2C(=O)OC(Cc2c(Cl)cncc2Cl)c2ccc(OC(F)F)c(OCC3CC3)c2)c1. The Labute approximate surface area is 287 Å². The smallest absolute Gasteiger partial charge is 0.387 e. The van der Waals surface area contributed by atoms with Gasteiger partial charge < -0.3 is 19.1 Å². The summed E-state index contributed by atoms with van der Waals surface area (Å²) in [5, 5.41) is 0.417. The van der Waals surface area contributed by atoms with Crippen molar-refractivity contribution in [3.05, 3.63) is 81.6 Å². The fraction of sp³-hybridized carbons (Fsp3) is 0.424. The molecule has 0 spiro atoms. The second-order valence-electron chi connectivity index (χ2n) is 11.9. The zero-order chi connectivity index (χ0) is 34.6. The molecule has 0 bridgehead atoms. The summed E-state index contributed by atoms with van der Waals surface area (Å²) in [5.41, 5.74) is 0.956. The largest absolute Gasteiger partial charge is 0.489 e. The van der Waals surface area contributed by atoms with Crippen LogP contribution < -0.4 is 9.47 Å². The van der Waals surface area contributed by atoms with E-state index in [1.165, 1.54) is 59.8 Å². The minimum absolute atomic E-state index is 0.0432. The van der Waals surface area contributed by atoms with E-state index in [-0.39, 0.29) is 57.3 Å². The molecule has 1 saturated carbocycles. The molecular formula is C33H35Cl2F2N3O7S. The third-order valence-corrected chi connectivity index (χ3v) is 10.7. The standard InChI is InChI=1S/C33H35Cl2F2N3O7S/c1-39(2)31(41)22-6-5-7-23(14-22)48(43,44)40-13-4-3-8-27(40)32(42)46-29(16-24-25(34)17-38-18-26(24)35)21-11-12-28(47-33(36)37)30(15-21)45-19-20-9-10-20/h5-7,11-12,14-15,17-18,20,27,29,33H,3-4,8-10,13,16,19H2,1-2H3/t27-,29?/m0/s1. The zero-order valence-corrected chi connectivity index (χ0v) is 28.6. The monoisotopic (exact) mass is 725 g/mol. The van der Waals surface area contributed by atoms with Gasteiger partial charge in [0, 0.05) is 45.0 Å². The number of pyridine rings is 1. The Kier molecular flexibility index (Phi) is 11.4. The van der Waals surface area contributed by atoms with Crippen LogP contribution in [0, 0.1) is 5.92 Å². The van der Waals surface area contributed by atoms with Gasteiger partial charge in [0.1, 0.15) is 12.1 Å². The molecule has 1 aromatic heterocycles. The molecule has 1 saturated heterocycles. The van der Waals surface area contributed by atoms with Crippen molar-refractivity contribution >= 4 is 45.1 Å². The Morgan fingerprint density at radius 1 is 1.02 bits per heavy atom. The number of ether oxygens (including phenoxy) is 3. The number of amides is 1. The topological polar surface area (TPSA) is 115 Å². The van der Waals surface area contributed by atoms with Crippen molar-refractivity contribution in [3.63, 3.8) is 0 Å². The first kappa shape index (κ1) is 35.8. The fourth-order valence-corrected chi connectivity index (χ4v) is 7.61. The summed E-state index contributed by atoms with van der Waals surface area (Å²) in [6.07, 6.45) is 4.82. The summed E-state index contributed by atoms with van der Waals surface area (Å²) in [4.78, 5) is 31.7. The van der Waals surface area contributed by atoms with Gasteiger partial charge in [-0.05, 0) is 79.5 Å². The van der Waals surface area contributed by atoms with Crippen LogP contribution in [0.3, 0.4) is 0 Å². The normalized spacial score (nSPS) is 17.5. The molecule has 2 atom stereocenters. The number of sulfonamides is 1. The zero-order valence-electron chi connectivity index (χ0n) is 26.3. The lowest BCUT2D eigenvalue weighted by atomic mass is 10.0. The van der Waals surface area contributed by atoms with Crippen molar-refractivity contribution < 1.29 is 41.0 Å². The van der Waals surface area contributed by atoms with Gasteiger partial charge in [-0.2, -0.15) is 13.1 Å². The third-order valence-electron chi connectivity index (χ3n) is 8.15. The van der Waals surface area contributed by atoms with E-state index >= 15 is 0 Å². The average Bonchev–Trinajstić information content (AvgIpc) is 3.89. The van der Waals surface area contributed by atoms with Crippen molar-refractivity contribution in [1.29, 1.82) is 0 Å². The van der Waals surface area contributed by atoms with Crippen molar-refractivity contribution in [3.8, 4) is 11.5 Å². The summed E-state index contributed by atoms with van der Waals surface area (Å²) in [7, 11) is -1.12. The number of benzene rings is 2. The molecule has 5 rings (SSSR count). The predicted molar refractivity (Wildman–Crippen MR) is 174 cm³/mol. The maximum atomic E-state index is 14.0. The molecule has 2 fully saturated rings. The van der Waals surface area contributed by atoms with E-state index in [9.17, 15) is 26.8 Å². The Morgan fingerprint density at radius 3 is 2.42 bits per heavy atom. The van der Waals surface area contributed by atoms with E-state index in [0.29, 0.717) is 36.5 Å². The maximum Gasteiger partial charge on any atom is 0.387 e. The Balaban J connectivity index is 1.47. The second kappa shape index (κ2) is 15.4. The molecule has 0 radical (unpaired) electrons. The number of alkyl halides is 2. The van der Waals surface area contributed by atoms with Gasteiger partial charge in [0.05, 0.1) is 21.5 Å². The van der Waals surface area contributed by atoms with Crippen LogP contribution in [0.15, 0.2) is 59.8 Å². The molecule has 10 nitrogen and oxygen atoms in total. The minimum Gasteiger partial charge on any atom is -0.489 e. The highest BCUT2D eigenvalue weighted by Gasteiger charge is 2.40. The molecule has 2 aromatic carbocycles. The molecule has 0 N–H and O–H groups in total. The number of nitrogens with zero attached hydrogens (tertiary/aromatic N) is 3. The number of aromatic nitrogens is 1. The molecule has 15 heteroatoms. The van der Waals surface area contributed by atoms with Gasteiger partial charge in [0.15, 0.2) is 11.5 Å². The highest BCUT2D eigenvalue weighted by atomic mass is 35.5. The summed E-state index contributed by atoms with van der Waals surface area (Å²) in [6, 6.07) is 8.70. The second-order valence-corrected chi connectivity index (χ2v) is 14.6. The summed E-state index contributed by atoms with van der Waals surface area (Å²) >= 11 is 12.9. The molecular weight excluding hydrogens is 691 g/mol. The van der Waals surface area contributed by atoms with E-state index < -0.39 is 34.7 Å². The van der Waals surface area contributed by atoms with Gasteiger partial charge in [-0.3, -0.25) is 14.6 Å². The third kappa shape index (κ3) is 8.55. The Morgan fingerprint density at radius 2 is 1.75 bits per heavy atom. The first-order valence-electron chi connectivity index (χ1n) is 15.4. The van der Waals surface area contributed by atoms with E-state index in [1.54, 1.807) is 14.1 Å². The molecule has 258 valence electrons. The number of rotatable bonds is 13. The van der Waals surface area contributed by atoms with Gasteiger partial charge >= 0.3 is 12.6 Å². The van der Waals surface area contributed by atoms with Gasteiger partial charge in [-0.25, -0.2) is 8.42 Å². The van der Waals surface area contributed by atoms with Crippen LogP contribution in [0.4, 0.5) is 8.78 Å². The lowest BCUT2D eigenvalue weighted by Crippen LogP contribution is -2.48. The Bertz CT molecular complexity index is 1740. The lowest BCUT2D eigenvalue weighted by Gasteiger charge is -2.34. The van der Waals surface area contributed by atoms with Crippen LogP contribution in [-0.2, 0) is 26.0 Å². The van der Waals surface area contributed by atoms with Crippen LogP contribution in [-0.4, -0.2) is 74.4 Å². The van der Waals surface area contributed by atoms with Crippen LogP contribution >= 0.6 is 23.2 Å². The fourth-order valence-electron chi connectivity index (χ4n) is 5.40. The van der Waals surface area contributed by atoms with Crippen molar-refractivity contribution in [2.75, 3.05) is 27.2 Å². The number of halogens is 4. The van der Waals surface area contributed by atoms with E-state index in [2.05, 4.69) is 9.72 Å². The Hall–Kier alpha value is -3.52. The highest BCUT2D eigenvalue weighted by Crippen LogP contribution is 2.38. The van der Waals surface area contributed by atoms with Crippen molar-refractivity contribution in [1.82, 2.24) is 14.2 Å². The molecule has 1 amide bonds. The molecule has 2 heterocycles. The van der Waals surface area contributed by atoms with Gasteiger partial charge in [0.2, 0.25) is 10.0 Å². The number of carbonyl (C=O) groups is 2. The van der Waals surface area contributed by atoms with Crippen LogP contribution in [0.2, 0.25) is 10.0 Å². The number of hydrogen-bond donors (Lipinski definition) is 0. The van der Waals surface area contributed by atoms with Crippen molar-refractivity contribution in [2.24, 2.45) is 5.92 Å². The van der Waals surface area contributed by atoms with Crippen LogP contribution in [0.25, 0.3) is 0 Å². The van der Waals surface area contributed by atoms with Crippen molar-refractivity contribution in [2.45, 2.75) is 62.2 Å². The van der Waals surface area contributed by atoms with E-state index in [4.69, 9.17) is 32.7 Å². The van der Waals surface area contributed by atoms with E-state index in [0.717, 1.165) is 17.1 Å². The summed E-state index contributed by atoms with van der Waals surface area (Å²) in [6.45, 7) is -2.74. The molecule has 2 aliphatic rings. The summed E-state index contributed by atoms with van der Waals surface area (Å²) in [5.74, 6) is -1.03. The lowest BCUT2D eigenvalue weighted by molar-refractivity contribution is -0.155. The molecule has 48 heavy (non-hydrogen) atoms. The quantitative estimate of drug-likeness (QED) is 0.182. The van der Waals surface area contributed by atoms with Gasteiger partial charge in [-0.1, -0.05) is 35.3 Å². The summed E-state index contributed by atoms with van der Waals surface area (Å²) < 4.78 is 72.0. The highest BCUT2D eigenvalue weighted by molar-refractivity contribution is 7.89. The average molecular weight is 727 g/mol. The van der Waals surface area contributed by atoms with Crippen LogP contribution in [0.5, 0.6) is 11.5 Å². The number of hydrogen-bond acceptors (Lipinski definition) is 8. The molecule has 1 unspecified atom stereocenters. The molecule has 1 aliphatic carbocycles.